The molecule has 0 bridgehead atoms. The molecule has 0 radical (unpaired) electrons. The lowest BCUT2D eigenvalue weighted by molar-refractivity contribution is -0.128. The molecular formula is C33H37N9O7. The molecule has 0 saturated carbocycles. The number of carbonyl (C=O) groups excluding carboxylic acids is 3. The minimum atomic E-state index is -0.485. The zero-order valence-electron chi connectivity index (χ0n) is 27.1. The van der Waals surface area contributed by atoms with Crippen molar-refractivity contribution >= 4 is 29.6 Å². The predicted octanol–water partition coefficient (Wildman–Crippen LogP) is 2.11. The maximum atomic E-state index is 13.0. The van der Waals surface area contributed by atoms with Crippen LogP contribution in [0, 0.1) is 0 Å². The molecule has 3 saturated heterocycles. The summed E-state index contributed by atoms with van der Waals surface area (Å²) in [6.45, 7) is 4.28. The number of amides is 3. The van der Waals surface area contributed by atoms with Crippen LogP contribution in [-0.2, 0) is 25.7 Å². The van der Waals surface area contributed by atoms with Gasteiger partial charge in [0.2, 0.25) is 11.8 Å². The summed E-state index contributed by atoms with van der Waals surface area (Å²) in [5.74, 6) is 1.07. The van der Waals surface area contributed by atoms with E-state index in [2.05, 4.69) is 15.0 Å². The highest BCUT2D eigenvalue weighted by Gasteiger charge is 2.35. The van der Waals surface area contributed by atoms with Gasteiger partial charge in [-0.2, -0.15) is 5.10 Å². The van der Waals surface area contributed by atoms with Gasteiger partial charge in [0, 0.05) is 50.7 Å². The fourth-order valence-corrected chi connectivity index (χ4v) is 5.92. The fraction of sp³-hybridized carbons (Fsp3) is 0.394. The highest BCUT2D eigenvalue weighted by Crippen LogP contribution is 2.33. The van der Waals surface area contributed by atoms with Gasteiger partial charge in [0.25, 0.3) is 0 Å². The van der Waals surface area contributed by atoms with Gasteiger partial charge in [-0.3, -0.25) is 4.79 Å². The third-order valence-corrected chi connectivity index (χ3v) is 8.65. The van der Waals surface area contributed by atoms with Crippen molar-refractivity contribution in [1.82, 2.24) is 39.3 Å². The van der Waals surface area contributed by atoms with E-state index in [1.165, 1.54) is 12.2 Å². The molecule has 7 rings (SSSR count). The average Bonchev–Trinajstić information content (AvgIpc) is 3.70. The van der Waals surface area contributed by atoms with E-state index < -0.39 is 6.09 Å². The number of likely N-dealkylation sites (tertiary alicyclic amines) is 1. The van der Waals surface area contributed by atoms with Crippen LogP contribution in [0.15, 0.2) is 67.1 Å². The van der Waals surface area contributed by atoms with Crippen molar-refractivity contribution in [3.63, 3.8) is 0 Å². The van der Waals surface area contributed by atoms with Crippen LogP contribution in [0.2, 0.25) is 0 Å². The Morgan fingerprint density at radius 3 is 2.55 bits per heavy atom. The molecule has 0 aliphatic carbocycles. The first-order valence-corrected chi connectivity index (χ1v) is 16.1. The fourth-order valence-electron chi connectivity index (χ4n) is 5.92. The lowest BCUT2D eigenvalue weighted by atomic mass is 10.1. The number of hydrogen-bond acceptors (Lipinski definition) is 12. The lowest BCUT2D eigenvalue weighted by Gasteiger charge is -2.37. The van der Waals surface area contributed by atoms with Gasteiger partial charge in [-0.1, -0.05) is 30.3 Å². The summed E-state index contributed by atoms with van der Waals surface area (Å²) in [6, 6.07) is 15.5. The number of rotatable bonds is 10. The van der Waals surface area contributed by atoms with Crippen molar-refractivity contribution in [1.29, 1.82) is 0 Å². The van der Waals surface area contributed by atoms with E-state index in [0.717, 1.165) is 22.5 Å². The van der Waals surface area contributed by atoms with Gasteiger partial charge in [-0.15, -0.1) is 5.06 Å². The first kappa shape index (κ1) is 32.1. The first-order chi connectivity index (χ1) is 23.9. The summed E-state index contributed by atoms with van der Waals surface area (Å²) < 4.78 is 18.3. The summed E-state index contributed by atoms with van der Waals surface area (Å²) >= 11 is 0. The Morgan fingerprint density at radius 2 is 1.76 bits per heavy atom. The topological polar surface area (TPSA) is 147 Å². The third kappa shape index (κ3) is 7.19. The molecule has 3 amide bonds. The van der Waals surface area contributed by atoms with Crippen LogP contribution in [-0.4, -0.2) is 136 Å². The van der Waals surface area contributed by atoms with Crippen LogP contribution in [0.3, 0.4) is 0 Å². The molecule has 16 nitrogen and oxygen atoms in total. The Hall–Kier alpha value is -5.48. The zero-order valence-corrected chi connectivity index (χ0v) is 27.1. The predicted molar refractivity (Wildman–Crippen MR) is 174 cm³/mol. The number of fused-ring (bicyclic) bond motifs is 1. The highest BCUT2D eigenvalue weighted by atomic mass is 16.7. The number of piperazine rings is 1. The molecule has 0 atom stereocenters. The molecule has 3 aliphatic heterocycles. The molecule has 3 fully saturated rings. The molecule has 49 heavy (non-hydrogen) atoms. The molecule has 3 aromatic heterocycles. The maximum absolute atomic E-state index is 13.0. The molecule has 0 spiro atoms. The van der Waals surface area contributed by atoms with E-state index >= 15 is 0 Å². The summed E-state index contributed by atoms with van der Waals surface area (Å²) in [7, 11) is 1.35. The van der Waals surface area contributed by atoms with Crippen molar-refractivity contribution in [2.24, 2.45) is 0 Å². The van der Waals surface area contributed by atoms with Crippen molar-refractivity contribution in [3.05, 3.63) is 72.7 Å². The maximum Gasteiger partial charge on any atom is 0.429 e. The Balaban J connectivity index is 0.914. The number of pyridine rings is 1. The second-order valence-electron chi connectivity index (χ2n) is 11.9. The van der Waals surface area contributed by atoms with E-state index in [4.69, 9.17) is 24.0 Å². The molecule has 0 unspecified atom stereocenters. The van der Waals surface area contributed by atoms with Crippen LogP contribution < -0.4 is 9.64 Å². The van der Waals surface area contributed by atoms with Crippen LogP contribution in [0.1, 0.15) is 5.56 Å². The number of ether oxygens (including phenoxy) is 3. The molecule has 6 heterocycles. The molecule has 0 N–H and O–H groups in total. The van der Waals surface area contributed by atoms with Crippen molar-refractivity contribution in [2.45, 2.75) is 12.7 Å². The summed E-state index contributed by atoms with van der Waals surface area (Å²) in [5.41, 5.74) is 3.20. The Kier molecular flexibility index (Phi) is 9.38. The SMILES string of the molecule is COC(=O)N1CC(Oc2ncccc2-c2cnn3ccc(N4CCN(C(=O)ON5CC(=O)N(CCOCc6ccccc6)C5)CC4)nc23)C1. The number of carbonyl (C=O) groups is 3. The average molecular weight is 672 g/mol. The second-order valence-corrected chi connectivity index (χ2v) is 11.9. The zero-order chi connectivity index (χ0) is 33.7. The largest absolute Gasteiger partial charge is 0.470 e. The van der Waals surface area contributed by atoms with Crippen LogP contribution in [0.5, 0.6) is 5.88 Å². The molecular weight excluding hydrogens is 634 g/mol. The number of nitrogens with zero attached hydrogens (tertiary/aromatic N) is 9. The molecule has 1 aromatic carbocycles. The Labute approximate surface area is 282 Å². The van der Waals surface area contributed by atoms with Crippen molar-refractivity contribution < 1.29 is 33.4 Å². The first-order valence-electron chi connectivity index (χ1n) is 16.1. The normalized spacial score (nSPS) is 17.0. The number of aromatic nitrogens is 4. The lowest BCUT2D eigenvalue weighted by Crippen LogP contribution is -2.56. The number of hydroxylamine groups is 2. The van der Waals surface area contributed by atoms with Crippen LogP contribution in [0.4, 0.5) is 15.4 Å². The Bertz CT molecular complexity index is 1790. The van der Waals surface area contributed by atoms with Gasteiger partial charge in [0.05, 0.1) is 45.2 Å². The molecule has 256 valence electrons. The number of methoxy groups -OCH3 is 1. The number of anilines is 1. The quantitative estimate of drug-likeness (QED) is 0.228. The van der Waals surface area contributed by atoms with E-state index in [1.807, 2.05) is 54.7 Å². The molecule has 3 aliphatic rings. The summed E-state index contributed by atoms with van der Waals surface area (Å²) in [4.78, 5) is 59.1. The number of benzene rings is 1. The van der Waals surface area contributed by atoms with Crippen molar-refractivity contribution in [2.75, 3.05) is 77.6 Å². The van der Waals surface area contributed by atoms with Gasteiger partial charge < -0.3 is 38.6 Å². The van der Waals surface area contributed by atoms with E-state index in [0.29, 0.717) is 70.6 Å². The van der Waals surface area contributed by atoms with E-state index in [-0.39, 0.29) is 31.3 Å². The third-order valence-electron chi connectivity index (χ3n) is 8.65. The minimum absolute atomic E-state index is 0.0122. The minimum Gasteiger partial charge on any atom is -0.470 e. The van der Waals surface area contributed by atoms with Gasteiger partial charge in [0.15, 0.2) is 5.65 Å². The smallest absolute Gasteiger partial charge is 0.429 e. The van der Waals surface area contributed by atoms with E-state index in [1.54, 1.807) is 31.6 Å². The van der Waals surface area contributed by atoms with Crippen LogP contribution >= 0.6 is 0 Å². The molecule has 16 heteroatoms. The van der Waals surface area contributed by atoms with Gasteiger partial charge >= 0.3 is 12.2 Å². The van der Waals surface area contributed by atoms with E-state index in [9.17, 15) is 14.4 Å². The molecule has 4 aromatic rings. The standard InChI is InChI=1S/C33H37N9O7/c1-46-32(44)40-19-25(20-40)48-31-26(8-5-10-34-31)27-18-35-42-11-9-28(36-30(27)42)37-12-14-38(15-13-37)33(45)49-41-21-29(43)39(23-41)16-17-47-22-24-6-3-2-4-7-24/h2-11,18,25H,12-17,19-23H2,1H3. The number of hydrogen-bond donors (Lipinski definition) is 0. The van der Waals surface area contributed by atoms with Gasteiger partial charge in [0.1, 0.15) is 25.1 Å². The Morgan fingerprint density at radius 1 is 0.939 bits per heavy atom. The van der Waals surface area contributed by atoms with Crippen molar-refractivity contribution in [3.8, 4) is 17.0 Å². The monoisotopic (exact) mass is 671 g/mol. The highest BCUT2D eigenvalue weighted by molar-refractivity contribution is 5.81. The van der Waals surface area contributed by atoms with Gasteiger partial charge in [-0.05, 0) is 23.8 Å². The second kappa shape index (κ2) is 14.3. The van der Waals surface area contributed by atoms with Gasteiger partial charge in [-0.25, -0.2) is 24.1 Å². The summed E-state index contributed by atoms with van der Waals surface area (Å²) in [6.07, 6.45) is 4.17. The summed E-state index contributed by atoms with van der Waals surface area (Å²) in [5, 5.41) is 5.87. The van der Waals surface area contributed by atoms with Crippen LogP contribution in [0.25, 0.3) is 16.8 Å².